The van der Waals surface area contributed by atoms with Crippen molar-refractivity contribution in [1.29, 1.82) is 0 Å². The van der Waals surface area contributed by atoms with Crippen LogP contribution in [0.2, 0.25) is 0 Å². The molecule has 2 saturated carbocycles. The number of fused-ring (bicyclic) bond motifs is 1. The summed E-state index contributed by atoms with van der Waals surface area (Å²) in [7, 11) is 0. The molecule has 0 bridgehead atoms. The van der Waals surface area contributed by atoms with Crippen LogP contribution in [0.5, 0.6) is 0 Å². The average molecular weight is 408 g/mol. The second-order valence-electron chi connectivity index (χ2n) is 10.6. The normalized spacial score (nSPS) is 59.2. The Kier molecular flexibility index (Phi) is 2.79. The maximum atomic E-state index is 13.3. The number of hydrogen-bond acceptors (Lipinski definition) is 9. The minimum atomic E-state index is -1.97. The summed E-state index contributed by atoms with van der Waals surface area (Å²) in [5, 5.41) is 23.0. The molecule has 158 valence electrons. The summed E-state index contributed by atoms with van der Waals surface area (Å²) in [4.78, 5) is 38.1. The predicted octanol–water partition coefficient (Wildman–Crippen LogP) is -0.340. The summed E-state index contributed by atoms with van der Waals surface area (Å²) < 4.78 is 22.9. The van der Waals surface area contributed by atoms with Gasteiger partial charge in [-0.2, -0.15) is 0 Å². The second kappa shape index (κ2) is 4.48. The van der Waals surface area contributed by atoms with Gasteiger partial charge < -0.3 is 29.2 Å². The molecule has 4 saturated heterocycles. The fourth-order valence-corrected chi connectivity index (χ4v) is 8.06. The van der Waals surface area contributed by atoms with E-state index in [0.29, 0.717) is 6.42 Å². The van der Waals surface area contributed by atoms with Crippen molar-refractivity contribution < 1.29 is 43.5 Å². The molecule has 0 aromatic heterocycles. The Hall–Kier alpha value is -1.71. The summed E-state index contributed by atoms with van der Waals surface area (Å²) in [6.07, 6.45) is -3.96. The Morgan fingerprint density at radius 3 is 2.38 bits per heavy atom. The van der Waals surface area contributed by atoms with E-state index in [1.807, 2.05) is 20.8 Å². The SMILES string of the molecule is C[C@@H]1C(=O)O[C@@H]2C[C@]34[C@@H]5C[C@@H](C(C)(C)C)[C@]36[C@H](OC(=O)[C@H]6O)O[C@@]4(C(=O)O5)[C@]12O. The Labute approximate surface area is 166 Å². The number of esters is 3. The maximum Gasteiger partial charge on any atom is 0.342 e. The lowest BCUT2D eigenvalue weighted by Crippen LogP contribution is -2.66. The van der Waals surface area contributed by atoms with Crippen molar-refractivity contribution in [3.05, 3.63) is 0 Å². The molecule has 29 heavy (non-hydrogen) atoms. The maximum absolute atomic E-state index is 13.3. The van der Waals surface area contributed by atoms with Gasteiger partial charge in [0.05, 0.1) is 16.7 Å². The molecule has 2 spiro atoms. The van der Waals surface area contributed by atoms with Crippen LogP contribution >= 0.6 is 0 Å². The molecule has 2 N–H and O–H groups in total. The molecule has 2 aliphatic carbocycles. The third-order valence-corrected chi connectivity index (χ3v) is 8.97. The molecule has 0 aromatic rings. The molecule has 4 heterocycles. The van der Waals surface area contributed by atoms with Gasteiger partial charge in [0.15, 0.2) is 11.7 Å². The molecular formula is C20H24O9. The van der Waals surface area contributed by atoms with Gasteiger partial charge in [0.25, 0.3) is 0 Å². The number of hydrogen-bond donors (Lipinski definition) is 2. The monoisotopic (exact) mass is 408 g/mol. The van der Waals surface area contributed by atoms with E-state index in [9.17, 15) is 24.6 Å². The molecule has 0 unspecified atom stereocenters. The number of rotatable bonds is 0. The zero-order chi connectivity index (χ0) is 20.9. The van der Waals surface area contributed by atoms with E-state index >= 15 is 0 Å². The van der Waals surface area contributed by atoms with E-state index in [4.69, 9.17) is 18.9 Å². The van der Waals surface area contributed by atoms with Crippen molar-refractivity contribution in [3.63, 3.8) is 0 Å². The molecule has 6 fully saturated rings. The average Bonchev–Trinajstić information content (AvgIpc) is 3.31. The van der Waals surface area contributed by atoms with E-state index in [-0.39, 0.29) is 17.8 Å². The first-order chi connectivity index (χ1) is 13.4. The zero-order valence-corrected chi connectivity index (χ0v) is 16.6. The summed E-state index contributed by atoms with van der Waals surface area (Å²) in [5.74, 6) is -3.52. The molecular weight excluding hydrogens is 384 g/mol. The van der Waals surface area contributed by atoms with Crippen LogP contribution in [0.15, 0.2) is 0 Å². The standard InChI is InChI=1S/C20H24O9/c1-7-12(22)26-10-6-17-9-5-8(16(2,3)4)18(17)11(21)13(23)28-15(18)29-20(17,14(24)27-9)19(7,10)25/h7-11,15,21,25H,5-6H2,1-4H3/t7-,8+,9+,10-,11-,15-,17+,18+,19+,20-/m1/s1. The quantitative estimate of drug-likeness (QED) is 0.408. The van der Waals surface area contributed by atoms with E-state index in [2.05, 4.69) is 0 Å². The number of aliphatic hydroxyl groups is 2. The topological polar surface area (TPSA) is 129 Å². The van der Waals surface area contributed by atoms with Crippen molar-refractivity contribution >= 4 is 17.9 Å². The van der Waals surface area contributed by atoms with Gasteiger partial charge in [0.1, 0.15) is 12.2 Å². The Balaban J connectivity index is 1.68. The van der Waals surface area contributed by atoms with Gasteiger partial charge >= 0.3 is 17.9 Å². The third-order valence-electron chi connectivity index (χ3n) is 8.97. The van der Waals surface area contributed by atoms with Crippen molar-refractivity contribution in [2.75, 3.05) is 0 Å². The van der Waals surface area contributed by atoms with Gasteiger partial charge in [-0.15, -0.1) is 0 Å². The Bertz CT molecular complexity index is 893. The minimum absolute atomic E-state index is 0.0623. The highest BCUT2D eigenvalue weighted by Gasteiger charge is 3.01. The highest BCUT2D eigenvalue weighted by Crippen LogP contribution is 2.84. The Morgan fingerprint density at radius 1 is 1.03 bits per heavy atom. The molecule has 0 amide bonds. The van der Waals surface area contributed by atoms with Gasteiger partial charge in [-0.1, -0.05) is 20.8 Å². The molecule has 10 atom stereocenters. The van der Waals surface area contributed by atoms with E-state index in [1.165, 1.54) is 6.92 Å². The zero-order valence-electron chi connectivity index (χ0n) is 16.6. The first-order valence-corrected chi connectivity index (χ1v) is 10.1. The van der Waals surface area contributed by atoms with Gasteiger partial charge in [-0.3, -0.25) is 4.79 Å². The molecule has 4 aliphatic heterocycles. The van der Waals surface area contributed by atoms with Gasteiger partial charge in [0, 0.05) is 6.42 Å². The number of aliphatic hydroxyl groups excluding tert-OH is 1. The smallest absolute Gasteiger partial charge is 0.342 e. The van der Waals surface area contributed by atoms with Crippen molar-refractivity contribution in [3.8, 4) is 0 Å². The van der Waals surface area contributed by atoms with Crippen LogP contribution < -0.4 is 0 Å². The molecule has 9 nitrogen and oxygen atoms in total. The van der Waals surface area contributed by atoms with Gasteiger partial charge in [0.2, 0.25) is 11.9 Å². The summed E-state index contributed by atoms with van der Waals surface area (Å²) >= 11 is 0. The molecule has 0 aromatic carbocycles. The molecule has 6 aliphatic rings. The van der Waals surface area contributed by atoms with Gasteiger partial charge in [-0.25, -0.2) is 9.59 Å². The second-order valence-corrected chi connectivity index (χ2v) is 10.6. The van der Waals surface area contributed by atoms with E-state index < -0.39 is 70.5 Å². The van der Waals surface area contributed by atoms with Crippen LogP contribution in [0.1, 0.15) is 40.5 Å². The molecule has 6 rings (SSSR count). The number of carbonyl (C=O) groups is 3. The first kappa shape index (κ1) is 18.1. The minimum Gasteiger partial charge on any atom is -0.459 e. The van der Waals surface area contributed by atoms with Crippen LogP contribution in [0, 0.1) is 28.1 Å². The van der Waals surface area contributed by atoms with E-state index in [0.717, 1.165) is 0 Å². The summed E-state index contributed by atoms with van der Waals surface area (Å²) in [5.41, 5.74) is -6.81. The molecule has 9 heteroatoms. The van der Waals surface area contributed by atoms with Crippen molar-refractivity contribution in [2.45, 2.75) is 76.3 Å². The van der Waals surface area contributed by atoms with E-state index in [1.54, 1.807) is 0 Å². The fourth-order valence-electron chi connectivity index (χ4n) is 8.06. The number of ether oxygens (including phenoxy) is 4. The van der Waals surface area contributed by atoms with Crippen LogP contribution in [-0.4, -0.2) is 63.9 Å². The highest BCUT2D eigenvalue weighted by molar-refractivity contribution is 5.93. The van der Waals surface area contributed by atoms with Crippen LogP contribution in [0.25, 0.3) is 0 Å². The fraction of sp³-hybridized carbons (Fsp3) is 0.850. The van der Waals surface area contributed by atoms with Crippen LogP contribution in [0.3, 0.4) is 0 Å². The van der Waals surface area contributed by atoms with Crippen LogP contribution in [-0.2, 0) is 33.3 Å². The molecule has 0 radical (unpaired) electrons. The third kappa shape index (κ3) is 1.35. The lowest BCUT2D eigenvalue weighted by atomic mass is 9.51. The predicted molar refractivity (Wildman–Crippen MR) is 90.6 cm³/mol. The van der Waals surface area contributed by atoms with Gasteiger partial charge in [-0.05, 0) is 24.7 Å². The number of carbonyl (C=O) groups excluding carboxylic acids is 3. The first-order valence-electron chi connectivity index (χ1n) is 10.1. The van der Waals surface area contributed by atoms with Crippen LogP contribution in [0.4, 0.5) is 0 Å². The van der Waals surface area contributed by atoms with Crippen molar-refractivity contribution in [2.24, 2.45) is 28.1 Å². The Morgan fingerprint density at radius 2 is 1.72 bits per heavy atom. The lowest BCUT2D eigenvalue weighted by Gasteiger charge is -2.46. The summed E-state index contributed by atoms with van der Waals surface area (Å²) in [6, 6.07) is 0. The summed E-state index contributed by atoms with van der Waals surface area (Å²) in [6.45, 7) is 7.47. The highest BCUT2D eigenvalue weighted by atomic mass is 16.8. The lowest BCUT2D eigenvalue weighted by molar-refractivity contribution is -0.238. The largest absolute Gasteiger partial charge is 0.459 e. The van der Waals surface area contributed by atoms with Crippen molar-refractivity contribution in [1.82, 2.24) is 0 Å².